The molecule has 0 aliphatic heterocycles. The van der Waals surface area contributed by atoms with Crippen molar-refractivity contribution >= 4 is 12.0 Å². The molecular weight excluding hydrogens is 348 g/mol. The number of aliphatic hydroxyl groups is 4. The topological polar surface area (TPSA) is 157 Å². The molecule has 144 valence electrons. The highest BCUT2D eigenvalue weighted by atomic mass is 16.6. The van der Waals surface area contributed by atoms with E-state index in [1.807, 2.05) is 0 Å². The van der Waals surface area contributed by atoms with Gasteiger partial charge in [-0.15, -0.1) is 0 Å². The quantitative estimate of drug-likeness (QED) is 0.361. The third kappa shape index (κ3) is 4.51. The number of aliphatic hydroxyl groups excluding tert-OH is 3. The number of benzene rings is 1. The molecule has 0 amide bonds. The SMILES string of the molecule is COc1cc(/C=C/C(O)OC2C[C@@](O)(C(=O)O)C[C@@H](O)[C@@H]2O)ccc1O. The average molecular weight is 370 g/mol. The van der Waals surface area contributed by atoms with E-state index in [1.165, 1.54) is 31.4 Å². The fraction of sp³-hybridized carbons (Fsp3) is 0.471. The molecular formula is C17H22O9. The Morgan fingerprint density at radius 1 is 1.35 bits per heavy atom. The van der Waals surface area contributed by atoms with E-state index in [1.54, 1.807) is 6.07 Å². The summed E-state index contributed by atoms with van der Waals surface area (Å²) >= 11 is 0. The van der Waals surface area contributed by atoms with E-state index in [4.69, 9.17) is 14.6 Å². The molecule has 2 rings (SSSR count). The lowest BCUT2D eigenvalue weighted by Gasteiger charge is -2.40. The van der Waals surface area contributed by atoms with Gasteiger partial charge < -0.3 is 40.1 Å². The second kappa shape index (κ2) is 8.02. The van der Waals surface area contributed by atoms with Gasteiger partial charge in [0.25, 0.3) is 0 Å². The van der Waals surface area contributed by atoms with E-state index in [0.717, 1.165) is 0 Å². The fourth-order valence-electron chi connectivity index (χ4n) is 2.77. The molecule has 5 atom stereocenters. The number of aliphatic carboxylic acids is 1. The molecule has 26 heavy (non-hydrogen) atoms. The molecule has 0 saturated heterocycles. The predicted octanol–water partition coefficient (Wildman–Crippen LogP) is -0.551. The second-order valence-corrected chi connectivity index (χ2v) is 6.16. The van der Waals surface area contributed by atoms with Gasteiger partial charge in [-0.05, 0) is 23.8 Å². The lowest BCUT2D eigenvalue weighted by Crippen LogP contribution is -2.57. The van der Waals surface area contributed by atoms with E-state index in [0.29, 0.717) is 5.56 Å². The highest BCUT2D eigenvalue weighted by Crippen LogP contribution is 2.32. The van der Waals surface area contributed by atoms with E-state index in [9.17, 15) is 30.3 Å². The number of aromatic hydroxyl groups is 1. The van der Waals surface area contributed by atoms with Gasteiger partial charge in [-0.25, -0.2) is 4.79 Å². The summed E-state index contributed by atoms with van der Waals surface area (Å²) < 4.78 is 10.1. The maximum atomic E-state index is 11.2. The smallest absolute Gasteiger partial charge is 0.335 e. The van der Waals surface area contributed by atoms with Crippen molar-refractivity contribution in [1.82, 2.24) is 0 Å². The summed E-state index contributed by atoms with van der Waals surface area (Å²) in [5.74, 6) is -1.35. The number of rotatable bonds is 6. The zero-order valence-corrected chi connectivity index (χ0v) is 14.0. The summed E-state index contributed by atoms with van der Waals surface area (Å²) in [7, 11) is 1.39. The first-order valence-electron chi connectivity index (χ1n) is 7.87. The lowest BCUT2D eigenvalue weighted by molar-refractivity contribution is -0.216. The van der Waals surface area contributed by atoms with Crippen molar-refractivity contribution in [3.63, 3.8) is 0 Å². The normalized spacial score (nSPS) is 30.3. The molecule has 1 aliphatic carbocycles. The van der Waals surface area contributed by atoms with Gasteiger partial charge in [0.2, 0.25) is 0 Å². The summed E-state index contributed by atoms with van der Waals surface area (Å²) in [5, 5.41) is 58.2. The number of carboxylic acids is 1. The number of ether oxygens (including phenoxy) is 2. The van der Waals surface area contributed by atoms with Crippen LogP contribution in [0.25, 0.3) is 6.08 Å². The zero-order valence-electron chi connectivity index (χ0n) is 14.0. The molecule has 1 aliphatic rings. The van der Waals surface area contributed by atoms with Crippen LogP contribution in [0.15, 0.2) is 24.3 Å². The fourth-order valence-corrected chi connectivity index (χ4v) is 2.77. The van der Waals surface area contributed by atoms with Crippen LogP contribution in [0, 0.1) is 0 Å². The van der Waals surface area contributed by atoms with E-state index >= 15 is 0 Å². The van der Waals surface area contributed by atoms with Crippen molar-refractivity contribution in [2.45, 2.75) is 43.0 Å². The Hall–Kier alpha value is -2.17. The Labute approximate surface area is 149 Å². The van der Waals surface area contributed by atoms with Crippen molar-refractivity contribution in [2.75, 3.05) is 7.11 Å². The van der Waals surface area contributed by atoms with Crippen LogP contribution in [0.5, 0.6) is 11.5 Å². The number of carboxylic acid groups (broad SMARTS) is 1. The number of hydrogen-bond donors (Lipinski definition) is 6. The third-order valence-electron chi connectivity index (χ3n) is 4.23. The zero-order chi connectivity index (χ0) is 19.5. The molecule has 1 aromatic carbocycles. The molecule has 0 bridgehead atoms. The Morgan fingerprint density at radius 2 is 2.04 bits per heavy atom. The third-order valence-corrected chi connectivity index (χ3v) is 4.23. The van der Waals surface area contributed by atoms with Gasteiger partial charge in [0.1, 0.15) is 6.10 Å². The minimum Gasteiger partial charge on any atom is -0.504 e. The number of hydrogen-bond acceptors (Lipinski definition) is 8. The first kappa shape index (κ1) is 20.1. The van der Waals surface area contributed by atoms with E-state index < -0.39 is 49.0 Å². The Bertz CT molecular complexity index is 674. The summed E-state index contributed by atoms with van der Waals surface area (Å²) in [6.45, 7) is 0. The van der Waals surface area contributed by atoms with Crippen molar-refractivity contribution in [3.8, 4) is 11.5 Å². The van der Waals surface area contributed by atoms with Crippen LogP contribution in [0.1, 0.15) is 18.4 Å². The Balaban J connectivity index is 2.05. The van der Waals surface area contributed by atoms with Crippen molar-refractivity contribution < 1.29 is 44.9 Å². The molecule has 1 aromatic rings. The monoisotopic (exact) mass is 370 g/mol. The largest absolute Gasteiger partial charge is 0.504 e. The van der Waals surface area contributed by atoms with Crippen molar-refractivity contribution in [1.29, 1.82) is 0 Å². The van der Waals surface area contributed by atoms with Crippen LogP contribution in [0.4, 0.5) is 0 Å². The Kier molecular flexibility index (Phi) is 6.21. The minimum absolute atomic E-state index is 0.0475. The number of carbonyl (C=O) groups is 1. The van der Waals surface area contributed by atoms with Crippen LogP contribution >= 0.6 is 0 Å². The van der Waals surface area contributed by atoms with Crippen LogP contribution in [-0.2, 0) is 9.53 Å². The van der Waals surface area contributed by atoms with Crippen LogP contribution in [0.2, 0.25) is 0 Å². The van der Waals surface area contributed by atoms with Gasteiger partial charge in [-0.3, -0.25) is 0 Å². The molecule has 0 aromatic heterocycles. The summed E-state index contributed by atoms with van der Waals surface area (Å²) in [4.78, 5) is 11.2. The maximum absolute atomic E-state index is 11.2. The molecule has 0 radical (unpaired) electrons. The van der Waals surface area contributed by atoms with Gasteiger partial charge >= 0.3 is 5.97 Å². The average Bonchev–Trinajstić information content (AvgIpc) is 2.58. The molecule has 2 unspecified atom stereocenters. The van der Waals surface area contributed by atoms with Gasteiger partial charge in [0, 0.05) is 12.8 Å². The van der Waals surface area contributed by atoms with Gasteiger partial charge in [-0.2, -0.15) is 0 Å². The highest BCUT2D eigenvalue weighted by molar-refractivity contribution is 5.77. The molecule has 9 nitrogen and oxygen atoms in total. The predicted molar refractivity (Wildman–Crippen MR) is 88.4 cm³/mol. The number of methoxy groups -OCH3 is 1. The second-order valence-electron chi connectivity index (χ2n) is 6.16. The standard InChI is InChI=1S/C17H22O9/c1-25-12-6-9(2-4-10(12)18)3-5-14(20)26-13-8-17(24,16(22)23)7-11(19)15(13)21/h2-6,11,13-15,18-21,24H,7-8H2,1H3,(H,22,23)/b5-3+/t11-,13?,14?,15+,17-/m1/s1. The van der Waals surface area contributed by atoms with Gasteiger partial charge in [-0.1, -0.05) is 12.1 Å². The molecule has 6 N–H and O–H groups in total. The van der Waals surface area contributed by atoms with Crippen LogP contribution in [-0.4, -0.2) is 73.9 Å². The first-order valence-corrected chi connectivity index (χ1v) is 7.87. The minimum atomic E-state index is -2.25. The maximum Gasteiger partial charge on any atom is 0.335 e. The van der Waals surface area contributed by atoms with Crippen LogP contribution < -0.4 is 4.74 Å². The number of phenolic OH excluding ortho intramolecular Hbond substituents is 1. The summed E-state index contributed by atoms with van der Waals surface area (Å²) in [6, 6.07) is 4.48. The lowest BCUT2D eigenvalue weighted by atomic mass is 9.79. The van der Waals surface area contributed by atoms with Crippen molar-refractivity contribution in [3.05, 3.63) is 29.8 Å². The summed E-state index contributed by atoms with van der Waals surface area (Å²) in [5.41, 5.74) is -1.68. The molecule has 9 heteroatoms. The molecule has 0 spiro atoms. The molecule has 0 heterocycles. The van der Waals surface area contributed by atoms with Crippen LogP contribution in [0.3, 0.4) is 0 Å². The molecule has 1 saturated carbocycles. The highest BCUT2D eigenvalue weighted by Gasteiger charge is 2.49. The van der Waals surface area contributed by atoms with E-state index in [2.05, 4.69) is 0 Å². The number of phenols is 1. The van der Waals surface area contributed by atoms with Gasteiger partial charge in [0.15, 0.2) is 23.4 Å². The van der Waals surface area contributed by atoms with Crippen molar-refractivity contribution in [2.24, 2.45) is 0 Å². The first-order chi connectivity index (χ1) is 12.2. The van der Waals surface area contributed by atoms with E-state index in [-0.39, 0.29) is 11.5 Å². The molecule has 1 fully saturated rings. The van der Waals surface area contributed by atoms with Gasteiger partial charge in [0.05, 0.1) is 19.3 Å². The Morgan fingerprint density at radius 3 is 2.65 bits per heavy atom. The summed E-state index contributed by atoms with van der Waals surface area (Å²) in [6.07, 6.45) is -4.12.